The molecule has 0 spiro atoms. The zero-order chi connectivity index (χ0) is 14.0. The van der Waals surface area contributed by atoms with Crippen molar-refractivity contribution in [2.75, 3.05) is 18.2 Å². The molecule has 102 valence electrons. The van der Waals surface area contributed by atoms with E-state index in [1.165, 1.54) is 0 Å². The van der Waals surface area contributed by atoms with Gasteiger partial charge in [-0.05, 0) is 34.5 Å². The van der Waals surface area contributed by atoms with Crippen LogP contribution in [0.2, 0.25) is 0 Å². The number of methoxy groups -OCH3 is 1. The zero-order valence-electron chi connectivity index (χ0n) is 11.2. The van der Waals surface area contributed by atoms with Crippen LogP contribution >= 0.6 is 15.9 Å². The lowest BCUT2D eigenvalue weighted by Crippen LogP contribution is -2.01. The van der Waals surface area contributed by atoms with Gasteiger partial charge in [0.15, 0.2) is 5.82 Å². The number of nitrogen functional groups attached to an aromatic ring is 1. The highest BCUT2D eigenvalue weighted by atomic mass is 79.9. The quantitative estimate of drug-likeness (QED) is 0.907. The van der Waals surface area contributed by atoms with E-state index in [1.54, 1.807) is 11.8 Å². The van der Waals surface area contributed by atoms with E-state index >= 15 is 0 Å². The molecule has 5 nitrogen and oxygen atoms in total. The molecular formula is C13H17BrN4O. The Morgan fingerprint density at radius 2 is 2.21 bits per heavy atom. The molecule has 3 N–H and O–H groups in total. The number of benzene rings is 1. The van der Waals surface area contributed by atoms with Crippen LogP contribution in [0.25, 0.3) is 0 Å². The van der Waals surface area contributed by atoms with Crippen LogP contribution in [0, 0.1) is 0 Å². The number of aromatic nitrogens is 2. The van der Waals surface area contributed by atoms with Gasteiger partial charge in [0, 0.05) is 18.8 Å². The predicted octanol–water partition coefficient (Wildman–Crippen LogP) is 3.08. The number of nitrogens with two attached hydrogens (primary N) is 1. The highest BCUT2D eigenvalue weighted by Gasteiger charge is 2.12. The molecule has 1 heterocycles. The molecule has 0 fully saturated rings. The van der Waals surface area contributed by atoms with E-state index in [2.05, 4.69) is 26.3 Å². The van der Waals surface area contributed by atoms with Gasteiger partial charge in [-0.25, -0.2) is 0 Å². The fourth-order valence-corrected chi connectivity index (χ4v) is 2.29. The molecule has 0 saturated carbocycles. The van der Waals surface area contributed by atoms with Crippen molar-refractivity contribution in [3.8, 4) is 5.75 Å². The van der Waals surface area contributed by atoms with E-state index in [9.17, 15) is 0 Å². The molecule has 1 aromatic carbocycles. The minimum atomic E-state index is 0.687. The average molecular weight is 325 g/mol. The summed E-state index contributed by atoms with van der Waals surface area (Å²) in [5.74, 6) is 1.56. The van der Waals surface area contributed by atoms with Crippen molar-refractivity contribution in [3.63, 3.8) is 0 Å². The van der Waals surface area contributed by atoms with Gasteiger partial charge < -0.3 is 15.8 Å². The number of halogens is 1. The minimum Gasteiger partial charge on any atom is -0.495 e. The smallest absolute Gasteiger partial charge is 0.152 e. The molecule has 0 atom stereocenters. The summed E-state index contributed by atoms with van der Waals surface area (Å²) in [6.45, 7) is 2.03. The summed E-state index contributed by atoms with van der Waals surface area (Å²) in [5.41, 5.74) is 8.56. The lowest BCUT2D eigenvalue weighted by Gasteiger charge is -2.10. The molecule has 0 bridgehead atoms. The first-order valence-electron chi connectivity index (χ1n) is 5.98. The monoisotopic (exact) mass is 324 g/mol. The summed E-state index contributed by atoms with van der Waals surface area (Å²) in [7, 11) is 3.51. The Morgan fingerprint density at radius 3 is 2.79 bits per heavy atom. The summed E-state index contributed by atoms with van der Waals surface area (Å²) in [6.07, 6.45) is 0.811. The van der Waals surface area contributed by atoms with Crippen LogP contribution in [-0.2, 0) is 13.5 Å². The van der Waals surface area contributed by atoms with E-state index < -0.39 is 0 Å². The molecule has 0 aliphatic rings. The maximum Gasteiger partial charge on any atom is 0.152 e. The van der Waals surface area contributed by atoms with Gasteiger partial charge in [-0.15, -0.1) is 0 Å². The van der Waals surface area contributed by atoms with Gasteiger partial charge in [0.25, 0.3) is 0 Å². The molecule has 0 radical (unpaired) electrons. The Bertz CT molecular complexity index is 595. The van der Waals surface area contributed by atoms with Crippen LogP contribution in [0.1, 0.15) is 12.6 Å². The van der Waals surface area contributed by atoms with Crippen molar-refractivity contribution in [2.45, 2.75) is 13.3 Å². The Morgan fingerprint density at radius 1 is 1.47 bits per heavy atom. The molecule has 19 heavy (non-hydrogen) atoms. The van der Waals surface area contributed by atoms with Crippen molar-refractivity contribution in [1.82, 2.24) is 9.78 Å². The number of hydrogen-bond donors (Lipinski definition) is 2. The Labute approximate surface area is 120 Å². The largest absolute Gasteiger partial charge is 0.495 e. The van der Waals surface area contributed by atoms with Crippen molar-refractivity contribution in [1.29, 1.82) is 0 Å². The highest BCUT2D eigenvalue weighted by Crippen LogP contribution is 2.31. The Kier molecular flexibility index (Phi) is 3.99. The maximum atomic E-state index is 6.08. The molecule has 6 heteroatoms. The number of ether oxygens (including phenoxy) is 1. The van der Waals surface area contributed by atoms with Crippen LogP contribution in [0.15, 0.2) is 22.7 Å². The van der Waals surface area contributed by atoms with Crippen molar-refractivity contribution >= 4 is 33.1 Å². The van der Waals surface area contributed by atoms with Crippen LogP contribution in [0.4, 0.5) is 17.2 Å². The SMILES string of the molecule is CCc1nn(C)c(Nc2ccc(Br)c(OC)c2)c1N. The second kappa shape index (κ2) is 5.52. The number of rotatable bonds is 4. The van der Waals surface area contributed by atoms with Crippen LogP contribution < -0.4 is 15.8 Å². The normalized spacial score (nSPS) is 10.5. The predicted molar refractivity (Wildman–Crippen MR) is 81.0 cm³/mol. The number of hydrogen-bond acceptors (Lipinski definition) is 4. The summed E-state index contributed by atoms with van der Waals surface area (Å²) >= 11 is 3.43. The standard InChI is InChI=1S/C13H17BrN4O/c1-4-10-12(15)13(18(2)17-10)16-8-5-6-9(14)11(7-8)19-3/h5-7,16H,4,15H2,1-3H3. The average Bonchev–Trinajstić information content (AvgIpc) is 2.68. The van der Waals surface area contributed by atoms with Crippen molar-refractivity contribution in [3.05, 3.63) is 28.4 Å². The number of anilines is 3. The molecule has 1 aromatic heterocycles. The zero-order valence-corrected chi connectivity index (χ0v) is 12.8. The van der Waals surface area contributed by atoms with Gasteiger partial charge in [0.2, 0.25) is 0 Å². The fourth-order valence-electron chi connectivity index (χ4n) is 1.88. The van der Waals surface area contributed by atoms with Gasteiger partial charge >= 0.3 is 0 Å². The first-order chi connectivity index (χ1) is 9.06. The lowest BCUT2D eigenvalue weighted by molar-refractivity contribution is 0.412. The fraction of sp³-hybridized carbons (Fsp3) is 0.308. The molecule has 0 aliphatic carbocycles. The van der Waals surface area contributed by atoms with Gasteiger partial charge in [-0.2, -0.15) is 5.10 Å². The summed E-state index contributed by atoms with van der Waals surface area (Å²) in [4.78, 5) is 0. The number of aryl methyl sites for hydroxylation is 2. The highest BCUT2D eigenvalue weighted by molar-refractivity contribution is 9.10. The number of nitrogens with one attached hydrogen (secondary N) is 1. The summed E-state index contributed by atoms with van der Waals surface area (Å²) in [5, 5.41) is 7.65. The Balaban J connectivity index is 2.33. The van der Waals surface area contributed by atoms with Gasteiger partial charge in [0.1, 0.15) is 5.75 Å². The van der Waals surface area contributed by atoms with Crippen LogP contribution in [-0.4, -0.2) is 16.9 Å². The maximum absolute atomic E-state index is 6.08. The van der Waals surface area contributed by atoms with Crippen molar-refractivity contribution in [2.24, 2.45) is 7.05 Å². The lowest BCUT2D eigenvalue weighted by atomic mass is 10.2. The molecule has 0 unspecified atom stereocenters. The second-order valence-corrected chi connectivity index (χ2v) is 5.01. The van der Waals surface area contributed by atoms with Gasteiger partial charge in [-0.3, -0.25) is 4.68 Å². The topological polar surface area (TPSA) is 65.1 Å². The number of nitrogens with zero attached hydrogens (tertiary/aromatic N) is 2. The third-order valence-electron chi connectivity index (χ3n) is 2.91. The Hall–Kier alpha value is -1.69. The van der Waals surface area contributed by atoms with E-state index in [0.29, 0.717) is 5.69 Å². The summed E-state index contributed by atoms with van der Waals surface area (Å²) in [6, 6.07) is 5.78. The van der Waals surface area contributed by atoms with Crippen LogP contribution in [0.3, 0.4) is 0 Å². The minimum absolute atomic E-state index is 0.687. The third kappa shape index (κ3) is 2.68. The molecule has 0 saturated heterocycles. The summed E-state index contributed by atoms with van der Waals surface area (Å²) < 4.78 is 7.93. The molecule has 0 aliphatic heterocycles. The van der Waals surface area contributed by atoms with Gasteiger partial charge in [0.05, 0.1) is 23.0 Å². The van der Waals surface area contributed by atoms with Gasteiger partial charge in [-0.1, -0.05) is 6.92 Å². The van der Waals surface area contributed by atoms with E-state index in [0.717, 1.165) is 33.8 Å². The molecule has 2 rings (SSSR count). The van der Waals surface area contributed by atoms with E-state index in [4.69, 9.17) is 10.5 Å². The first-order valence-corrected chi connectivity index (χ1v) is 6.78. The second-order valence-electron chi connectivity index (χ2n) is 4.16. The third-order valence-corrected chi connectivity index (χ3v) is 3.56. The van der Waals surface area contributed by atoms with Crippen LogP contribution in [0.5, 0.6) is 5.75 Å². The molecular weight excluding hydrogens is 308 g/mol. The van der Waals surface area contributed by atoms with E-state index in [1.807, 2.05) is 32.2 Å². The van der Waals surface area contributed by atoms with Crippen molar-refractivity contribution < 1.29 is 4.74 Å². The van der Waals surface area contributed by atoms with E-state index in [-0.39, 0.29) is 0 Å². The first kappa shape index (κ1) is 13.7. The molecule has 0 amide bonds. The molecule has 2 aromatic rings.